The van der Waals surface area contributed by atoms with E-state index in [1.165, 1.54) is 6.08 Å². The van der Waals surface area contributed by atoms with Crippen molar-refractivity contribution in [2.45, 2.75) is 25.2 Å². The van der Waals surface area contributed by atoms with E-state index in [4.69, 9.17) is 0 Å². The van der Waals surface area contributed by atoms with Gasteiger partial charge in [0, 0.05) is 12.3 Å². The molecule has 0 bridgehead atoms. The van der Waals surface area contributed by atoms with Crippen LogP contribution >= 0.6 is 0 Å². The van der Waals surface area contributed by atoms with E-state index in [1.54, 1.807) is 0 Å². The van der Waals surface area contributed by atoms with Crippen molar-refractivity contribution < 1.29 is 8.78 Å². The minimum Gasteiger partial charge on any atom is -0.206 e. The summed E-state index contributed by atoms with van der Waals surface area (Å²) in [7, 11) is 0. The number of rotatable bonds is 3. The van der Waals surface area contributed by atoms with Gasteiger partial charge in [-0.25, -0.2) is 8.78 Å². The summed E-state index contributed by atoms with van der Waals surface area (Å²) in [5.41, 5.74) is 0. The minimum absolute atomic E-state index is 0.155. The summed E-state index contributed by atoms with van der Waals surface area (Å²) >= 11 is 0. The molecule has 0 aromatic heterocycles. The molecule has 1 fully saturated rings. The SMILES string of the molecule is C=CCC(F)(F)C1CC1. The molecule has 0 unspecified atom stereocenters. The maximum absolute atomic E-state index is 12.5. The largest absolute Gasteiger partial charge is 0.254 e. The summed E-state index contributed by atoms with van der Waals surface area (Å²) in [5, 5.41) is 0. The molecular formula is C7H10F2. The topological polar surface area (TPSA) is 0 Å². The smallest absolute Gasteiger partial charge is 0.206 e. The highest BCUT2D eigenvalue weighted by Gasteiger charge is 2.45. The third-order valence-electron chi connectivity index (χ3n) is 1.59. The van der Waals surface area contributed by atoms with Crippen molar-refractivity contribution in [2.24, 2.45) is 5.92 Å². The average Bonchev–Trinajstić information content (AvgIpc) is 2.41. The van der Waals surface area contributed by atoms with E-state index in [2.05, 4.69) is 6.58 Å². The maximum Gasteiger partial charge on any atom is 0.254 e. The molecule has 1 saturated carbocycles. The van der Waals surface area contributed by atoms with E-state index in [1.807, 2.05) is 0 Å². The van der Waals surface area contributed by atoms with Crippen LogP contribution in [-0.4, -0.2) is 5.92 Å². The first kappa shape index (κ1) is 6.72. The second-order valence-corrected chi connectivity index (χ2v) is 2.53. The summed E-state index contributed by atoms with van der Waals surface area (Å²) in [4.78, 5) is 0. The number of hydrogen-bond acceptors (Lipinski definition) is 0. The highest BCUT2D eigenvalue weighted by Crippen LogP contribution is 2.45. The van der Waals surface area contributed by atoms with Crippen LogP contribution in [0.4, 0.5) is 8.78 Å². The lowest BCUT2D eigenvalue weighted by molar-refractivity contribution is -0.0189. The van der Waals surface area contributed by atoms with E-state index in [0.29, 0.717) is 12.8 Å². The monoisotopic (exact) mass is 132 g/mol. The second kappa shape index (κ2) is 2.09. The first-order valence-electron chi connectivity index (χ1n) is 3.15. The predicted molar refractivity (Wildman–Crippen MR) is 32.5 cm³/mol. The van der Waals surface area contributed by atoms with Gasteiger partial charge in [0.05, 0.1) is 0 Å². The van der Waals surface area contributed by atoms with Gasteiger partial charge in [-0.05, 0) is 12.8 Å². The van der Waals surface area contributed by atoms with Crippen molar-refractivity contribution in [3.05, 3.63) is 12.7 Å². The molecule has 1 aliphatic rings. The quantitative estimate of drug-likeness (QED) is 0.518. The number of allylic oxidation sites excluding steroid dienone is 1. The molecule has 1 rings (SSSR count). The van der Waals surface area contributed by atoms with Crippen LogP contribution in [0.5, 0.6) is 0 Å². The van der Waals surface area contributed by atoms with Gasteiger partial charge in [-0.15, -0.1) is 6.58 Å². The van der Waals surface area contributed by atoms with Crippen molar-refractivity contribution in [2.75, 3.05) is 0 Å². The van der Waals surface area contributed by atoms with E-state index in [-0.39, 0.29) is 12.3 Å². The molecule has 0 aliphatic heterocycles. The number of halogens is 2. The molecule has 0 nitrogen and oxygen atoms in total. The third-order valence-corrected chi connectivity index (χ3v) is 1.59. The fourth-order valence-corrected chi connectivity index (χ4v) is 0.865. The lowest BCUT2D eigenvalue weighted by atomic mass is 10.1. The van der Waals surface area contributed by atoms with E-state index < -0.39 is 5.92 Å². The molecule has 0 spiro atoms. The molecule has 0 aromatic carbocycles. The van der Waals surface area contributed by atoms with Crippen LogP contribution in [0.1, 0.15) is 19.3 Å². The van der Waals surface area contributed by atoms with Gasteiger partial charge in [-0.2, -0.15) is 0 Å². The Morgan fingerprint density at radius 2 is 2.11 bits per heavy atom. The summed E-state index contributed by atoms with van der Waals surface area (Å²) in [6.07, 6.45) is 2.53. The van der Waals surface area contributed by atoms with Gasteiger partial charge in [0.15, 0.2) is 0 Å². The molecule has 0 atom stereocenters. The van der Waals surface area contributed by atoms with Gasteiger partial charge in [0.25, 0.3) is 5.92 Å². The van der Waals surface area contributed by atoms with Crippen LogP contribution in [0.2, 0.25) is 0 Å². The lowest BCUT2D eigenvalue weighted by Crippen LogP contribution is -2.16. The van der Waals surface area contributed by atoms with Crippen LogP contribution in [-0.2, 0) is 0 Å². The molecule has 0 saturated heterocycles. The number of hydrogen-bond donors (Lipinski definition) is 0. The Morgan fingerprint density at radius 3 is 2.44 bits per heavy atom. The Bertz CT molecular complexity index is 114. The maximum atomic E-state index is 12.5. The zero-order valence-electron chi connectivity index (χ0n) is 5.24. The Labute approximate surface area is 53.6 Å². The molecule has 0 N–H and O–H groups in total. The lowest BCUT2D eigenvalue weighted by Gasteiger charge is -2.11. The zero-order valence-corrected chi connectivity index (χ0v) is 5.24. The molecule has 0 amide bonds. The highest BCUT2D eigenvalue weighted by molar-refractivity contribution is 4.91. The standard InChI is InChI=1S/C7H10F2/c1-2-5-7(8,9)6-3-4-6/h2,6H,1,3-5H2. The van der Waals surface area contributed by atoms with E-state index >= 15 is 0 Å². The molecule has 1 aliphatic carbocycles. The van der Waals surface area contributed by atoms with Crippen LogP contribution in [0.15, 0.2) is 12.7 Å². The van der Waals surface area contributed by atoms with E-state index in [9.17, 15) is 8.78 Å². The van der Waals surface area contributed by atoms with E-state index in [0.717, 1.165) is 0 Å². The Morgan fingerprint density at radius 1 is 1.56 bits per heavy atom. The predicted octanol–water partition coefficient (Wildman–Crippen LogP) is 2.61. The van der Waals surface area contributed by atoms with Crippen molar-refractivity contribution >= 4 is 0 Å². The van der Waals surface area contributed by atoms with Crippen LogP contribution in [0.3, 0.4) is 0 Å². The minimum atomic E-state index is -2.46. The van der Waals surface area contributed by atoms with Crippen molar-refractivity contribution in [1.82, 2.24) is 0 Å². The van der Waals surface area contributed by atoms with Gasteiger partial charge in [0.1, 0.15) is 0 Å². The molecule has 52 valence electrons. The van der Waals surface area contributed by atoms with Gasteiger partial charge < -0.3 is 0 Å². The Balaban J connectivity index is 2.38. The van der Waals surface area contributed by atoms with Crippen LogP contribution in [0.25, 0.3) is 0 Å². The first-order valence-corrected chi connectivity index (χ1v) is 3.15. The van der Waals surface area contributed by atoms with Gasteiger partial charge in [-0.1, -0.05) is 6.08 Å². The van der Waals surface area contributed by atoms with Crippen LogP contribution < -0.4 is 0 Å². The average molecular weight is 132 g/mol. The fraction of sp³-hybridized carbons (Fsp3) is 0.714. The molecule has 0 radical (unpaired) electrons. The third kappa shape index (κ3) is 1.50. The van der Waals surface area contributed by atoms with Crippen LogP contribution in [0, 0.1) is 5.92 Å². The first-order chi connectivity index (χ1) is 4.17. The molecule has 0 aromatic rings. The Kier molecular flexibility index (Phi) is 1.56. The molecule has 9 heavy (non-hydrogen) atoms. The van der Waals surface area contributed by atoms with Crippen molar-refractivity contribution in [3.63, 3.8) is 0 Å². The molecule has 0 heterocycles. The fourth-order valence-electron chi connectivity index (χ4n) is 0.865. The number of alkyl halides is 2. The normalized spacial score (nSPS) is 19.8. The summed E-state index contributed by atoms with van der Waals surface area (Å²) in [5.74, 6) is -2.79. The molecule has 2 heteroatoms. The van der Waals surface area contributed by atoms with Crippen molar-refractivity contribution in [1.29, 1.82) is 0 Å². The highest BCUT2D eigenvalue weighted by atomic mass is 19.3. The van der Waals surface area contributed by atoms with Gasteiger partial charge in [-0.3, -0.25) is 0 Å². The Hall–Kier alpha value is -0.400. The summed E-state index contributed by atoms with van der Waals surface area (Å²) in [6, 6.07) is 0. The van der Waals surface area contributed by atoms with Gasteiger partial charge >= 0.3 is 0 Å². The summed E-state index contributed by atoms with van der Waals surface area (Å²) < 4.78 is 25.1. The van der Waals surface area contributed by atoms with Gasteiger partial charge in [0.2, 0.25) is 0 Å². The second-order valence-electron chi connectivity index (χ2n) is 2.53. The summed E-state index contributed by atoms with van der Waals surface area (Å²) in [6.45, 7) is 3.28. The zero-order chi connectivity index (χ0) is 6.91. The molecular weight excluding hydrogens is 122 g/mol. The van der Waals surface area contributed by atoms with Crippen molar-refractivity contribution in [3.8, 4) is 0 Å².